The fourth-order valence-corrected chi connectivity index (χ4v) is 2.33. The van der Waals surface area contributed by atoms with Crippen molar-refractivity contribution in [1.82, 2.24) is 4.90 Å². The number of alkyl halides is 2. The van der Waals surface area contributed by atoms with E-state index in [1.54, 1.807) is 0 Å². The lowest BCUT2D eigenvalue weighted by Crippen LogP contribution is -2.57. The number of likely N-dealkylation sites (tertiary alicyclic amines) is 1. The Morgan fingerprint density at radius 3 is 2.27 bits per heavy atom. The van der Waals surface area contributed by atoms with Gasteiger partial charge in [-0.1, -0.05) is 33.1 Å². The lowest BCUT2D eigenvalue weighted by atomic mass is 9.95. The Hall–Kier alpha value is -0.180. The van der Waals surface area contributed by atoms with Crippen molar-refractivity contribution in [3.05, 3.63) is 0 Å². The molecule has 0 bridgehead atoms. The third-order valence-electron chi connectivity index (χ3n) is 3.09. The van der Waals surface area contributed by atoms with Crippen molar-refractivity contribution in [3.8, 4) is 0 Å². The summed E-state index contributed by atoms with van der Waals surface area (Å²) in [4.78, 5) is 1.90. The van der Waals surface area contributed by atoms with E-state index in [1.165, 1.54) is 32.1 Å². The van der Waals surface area contributed by atoms with Crippen LogP contribution in [0.15, 0.2) is 0 Å². The quantitative estimate of drug-likeness (QED) is 0.633. The third-order valence-corrected chi connectivity index (χ3v) is 3.09. The molecule has 0 aromatic rings. The molecule has 1 rings (SSSR count). The normalized spacial score (nSPS) is 22.4. The maximum atomic E-state index is 12.6. The van der Waals surface area contributed by atoms with Crippen molar-refractivity contribution >= 4 is 0 Å². The summed E-state index contributed by atoms with van der Waals surface area (Å²) in [5, 5.41) is 0. The predicted molar refractivity (Wildman–Crippen MR) is 59.3 cm³/mol. The highest BCUT2D eigenvalue weighted by Crippen LogP contribution is 2.28. The topological polar surface area (TPSA) is 3.24 Å². The molecule has 0 amide bonds. The Morgan fingerprint density at radius 1 is 1.13 bits per heavy atom. The Morgan fingerprint density at radius 2 is 1.80 bits per heavy atom. The first kappa shape index (κ1) is 12.9. The van der Waals surface area contributed by atoms with E-state index in [-0.39, 0.29) is 13.1 Å². The van der Waals surface area contributed by atoms with Gasteiger partial charge in [-0.2, -0.15) is 0 Å². The molecular formula is C12H23F2N. The van der Waals surface area contributed by atoms with Gasteiger partial charge in [0.1, 0.15) is 0 Å². The summed E-state index contributed by atoms with van der Waals surface area (Å²) >= 11 is 0. The summed E-state index contributed by atoms with van der Waals surface area (Å²) in [6.07, 6.45) is 5.98. The minimum atomic E-state index is -2.40. The van der Waals surface area contributed by atoms with Gasteiger partial charge in [-0.05, 0) is 18.8 Å². The lowest BCUT2D eigenvalue weighted by Gasteiger charge is -2.40. The first-order chi connectivity index (χ1) is 7.07. The highest BCUT2D eigenvalue weighted by atomic mass is 19.3. The van der Waals surface area contributed by atoms with E-state index in [4.69, 9.17) is 0 Å². The van der Waals surface area contributed by atoms with Crippen LogP contribution < -0.4 is 0 Å². The molecular weight excluding hydrogens is 196 g/mol. The van der Waals surface area contributed by atoms with Crippen LogP contribution in [0.1, 0.15) is 46.0 Å². The van der Waals surface area contributed by atoms with E-state index < -0.39 is 5.92 Å². The van der Waals surface area contributed by atoms with Gasteiger partial charge in [-0.25, -0.2) is 8.78 Å². The zero-order chi connectivity index (χ0) is 11.3. The second-order valence-corrected chi connectivity index (χ2v) is 4.82. The summed E-state index contributed by atoms with van der Waals surface area (Å²) in [7, 11) is 0. The van der Waals surface area contributed by atoms with Crippen molar-refractivity contribution in [2.75, 3.05) is 19.6 Å². The van der Waals surface area contributed by atoms with Gasteiger partial charge in [0.25, 0.3) is 5.92 Å². The van der Waals surface area contributed by atoms with Gasteiger partial charge in [0.05, 0.1) is 13.1 Å². The molecule has 1 nitrogen and oxygen atoms in total. The van der Waals surface area contributed by atoms with Crippen molar-refractivity contribution in [2.24, 2.45) is 5.92 Å². The lowest BCUT2D eigenvalue weighted by molar-refractivity contribution is -0.134. The molecule has 0 aliphatic carbocycles. The molecule has 1 unspecified atom stereocenters. The number of nitrogens with zero attached hydrogens (tertiary/aromatic N) is 1. The molecule has 0 saturated carbocycles. The number of hydrogen-bond donors (Lipinski definition) is 0. The highest BCUT2D eigenvalue weighted by molar-refractivity contribution is 4.87. The summed E-state index contributed by atoms with van der Waals surface area (Å²) < 4.78 is 25.3. The van der Waals surface area contributed by atoms with Crippen LogP contribution in [-0.2, 0) is 0 Å². The molecule has 90 valence electrons. The second-order valence-electron chi connectivity index (χ2n) is 4.82. The van der Waals surface area contributed by atoms with Gasteiger partial charge in [0, 0.05) is 6.54 Å². The van der Waals surface area contributed by atoms with E-state index in [0.717, 1.165) is 6.54 Å². The molecule has 1 fully saturated rings. The van der Waals surface area contributed by atoms with Crippen LogP contribution in [0, 0.1) is 5.92 Å². The summed E-state index contributed by atoms with van der Waals surface area (Å²) in [5.41, 5.74) is 0. The molecule has 0 N–H and O–H groups in total. The average Bonchev–Trinajstić information content (AvgIpc) is 2.11. The second kappa shape index (κ2) is 5.78. The Bertz CT molecular complexity index is 174. The van der Waals surface area contributed by atoms with Crippen LogP contribution >= 0.6 is 0 Å². The van der Waals surface area contributed by atoms with E-state index in [1.807, 2.05) is 4.90 Å². The van der Waals surface area contributed by atoms with Gasteiger partial charge in [-0.3, -0.25) is 4.90 Å². The maximum Gasteiger partial charge on any atom is 0.272 e. The van der Waals surface area contributed by atoms with Crippen molar-refractivity contribution in [3.63, 3.8) is 0 Å². The van der Waals surface area contributed by atoms with Crippen molar-refractivity contribution in [2.45, 2.75) is 51.9 Å². The van der Waals surface area contributed by atoms with Crippen LogP contribution in [0.2, 0.25) is 0 Å². The largest absolute Gasteiger partial charge is 0.291 e. The van der Waals surface area contributed by atoms with Crippen LogP contribution in [0.4, 0.5) is 8.78 Å². The summed E-state index contributed by atoms with van der Waals surface area (Å²) in [5.74, 6) is -1.77. The molecule has 0 radical (unpaired) electrons. The average molecular weight is 219 g/mol. The monoisotopic (exact) mass is 219 g/mol. The Kier molecular flexibility index (Phi) is 4.97. The highest BCUT2D eigenvalue weighted by Gasteiger charge is 2.43. The van der Waals surface area contributed by atoms with E-state index in [9.17, 15) is 8.78 Å². The molecule has 3 heteroatoms. The minimum Gasteiger partial charge on any atom is -0.291 e. The molecule has 1 aliphatic heterocycles. The van der Waals surface area contributed by atoms with Crippen LogP contribution in [0.25, 0.3) is 0 Å². The summed E-state index contributed by atoms with van der Waals surface area (Å²) in [6, 6.07) is 0. The molecule has 0 aromatic carbocycles. The van der Waals surface area contributed by atoms with Gasteiger partial charge < -0.3 is 0 Å². The molecule has 15 heavy (non-hydrogen) atoms. The first-order valence-corrected chi connectivity index (χ1v) is 6.17. The zero-order valence-electron chi connectivity index (χ0n) is 9.94. The molecule has 0 spiro atoms. The van der Waals surface area contributed by atoms with E-state index in [2.05, 4.69) is 13.8 Å². The number of hydrogen-bond acceptors (Lipinski definition) is 1. The van der Waals surface area contributed by atoms with E-state index >= 15 is 0 Å². The smallest absolute Gasteiger partial charge is 0.272 e. The fraction of sp³-hybridized carbons (Fsp3) is 1.00. The molecule has 1 aliphatic rings. The molecule has 1 saturated heterocycles. The van der Waals surface area contributed by atoms with Gasteiger partial charge in [-0.15, -0.1) is 0 Å². The first-order valence-electron chi connectivity index (χ1n) is 6.17. The maximum absolute atomic E-state index is 12.6. The molecule has 1 heterocycles. The Balaban J connectivity index is 2.20. The Labute approximate surface area is 91.8 Å². The van der Waals surface area contributed by atoms with Crippen LogP contribution in [-0.4, -0.2) is 30.5 Å². The van der Waals surface area contributed by atoms with Crippen LogP contribution in [0.5, 0.6) is 0 Å². The summed E-state index contributed by atoms with van der Waals surface area (Å²) in [6.45, 7) is 5.20. The molecule has 0 aromatic heterocycles. The van der Waals surface area contributed by atoms with Crippen molar-refractivity contribution < 1.29 is 8.78 Å². The van der Waals surface area contributed by atoms with Crippen LogP contribution in [0.3, 0.4) is 0 Å². The number of rotatable bonds is 7. The van der Waals surface area contributed by atoms with Crippen molar-refractivity contribution in [1.29, 1.82) is 0 Å². The van der Waals surface area contributed by atoms with Gasteiger partial charge >= 0.3 is 0 Å². The number of unbranched alkanes of at least 4 members (excludes halogenated alkanes) is 1. The van der Waals surface area contributed by atoms with Gasteiger partial charge in [0.15, 0.2) is 0 Å². The van der Waals surface area contributed by atoms with Gasteiger partial charge in [0.2, 0.25) is 0 Å². The SMILES string of the molecule is CCCCC(CCC)CN1CC(F)(F)C1. The van der Waals surface area contributed by atoms with E-state index in [0.29, 0.717) is 5.92 Å². The third kappa shape index (κ3) is 4.45. The minimum absolute atomic E-state index is 0.0145. The molecule has 1 atom stereocenters. The number of halogens is 2. The standard InChI is InChI=1S/C12H23F2N/c1-3-5-7-11(6-4-2)8-15-9-12(13,14)10-15/h11H,3-10H2,1-2H3. The fourth-order valence-electron chi connectivity index (χ4n) is 2.33. The predicted octanol–water partition coefficient (Wildman–Crippen LogP) is 3.54. The zero-order valence-corrected chi connectivity index (χ0v) is 9.94.